The smallest absolute Gasteiger partial charge is 0.0479 e. The number of hydrogen-bond acceptors (Lipinski definition) is 3. The van der Waals surface area contributed by atoms with Crippen LogP contribution in [0.25, 0.3) is 0 Å². The highest BCUT2D eigenvalue weighted by Crippen LogP contribution is 2.38. The van der Waals surface area contributed by atoms with Gasteiger partial charge in [0.25, 0.3) is 0 Å². The highest BCUT2D eigenvalue weighted by molar-refractivity contribution is 9.10. The molecule has 0 amide bonds. The molecular formula is C15H23BrN2S. The van der Waals surface area contributed by atoms with Crippen LogP contribution in [0.15, 0.2) is 15.9 Å². The lowest BCUT2D eigenvalue weighted by Gasteiger charge is -2.32. The van der Waals surface area contributed by atoms with Gasteiger partial charge >= 0.3 is 0 Å². The van der Waals surface area contributed by atoms with E-state index in [1.54, 1.807) is 0 Å². The number of likely N-dealkylation sites (tertiary alicyclic amines) is 1. The average Bonchev–Trinajstić information content (AvgIpc) is 3.15. The SMILES string of the molecule is CN1CCCCC(CNC2CC2)C1c1cc(Br)cs1. The molecule has 2 atom stereocenters. The summed E-state index contributed by atoms with van der Waals surface area (Å²) in [5, 5.41) is 5.97. The standard InChI is InChI=1S/C15H23BrN2S/c1-18-7-3-2-4-11(9-17-13-5-6-13)15(18)14-8-12(16)10-19-14/h8,10-11,13,15,17H,2-7,9H2,1H3. The first-order valence-electron chi connectivity index (χ1n) is 7.41. The van der Waals surface area contributed by atoms with Crippen LogP contribution in [0.5, 0.6) is 0 Å². The quantitative estimate of drug-likeness (QED) is 0.888. The molecule has 2 fully saturated rings. The monoisotopic (exact) mass is 342 g/mol. The average molecular weight is 343 g/mol. The zero-order valence-corrected chi connectivity index (χ0v) is 14.0. The van der Waals surface area contributed by atoms with E-state index in [1.807, 2.05) is 11.3 Å². The molecule has 0 radical (unpaired) electrons. The van der Waals surface area contributed by atoms with E-state index in [0.29, 0.717) is 6.04 Å². The molecule has 1 saturated carbocycles. The number of halogens is 1. The summed E-state index contributed by atoms with van der Waals surface area (Å²) in [6.45, 7) is 2.43. The normalized spacial score (nSPS) is 29.4. The van der Waals surface area contributed by atoms with Crippen LogP contribution in [0.4, 0.5) is 0 Å². The van der Waals surface area contributed by atoms with Crippen molar-refractivity contribution in [2.24, 2.45) is 5.92 Å². The van der Waals surface area contributed by atoms with Gasteiger partial charge in [-0.2, -0.15) is 0 Å². The van der Waals surface area contributed by atoms with Gasteiger partial charge in [0.1, 0.15) is 0 Å². The summed E-state index contributed by atoms with van der Waals surface area (Å²) >= 11 is 5.51. The fourth-order valence-electron chi connectivity index (χ4n) is 3.18. The molecule has 1 aliphatic heterocycles. The third-order valence-corrected chi connectivity index (χ3v) is 6.15. The number of thiophene rings is 1. The lowest BCUT2D eigenvalue weighted by atomic mass is 9.93. The van der Waals surface area contributed by atoms with Crippen molar-refractivity contribution in [1.29, 1.82) is 0 Å². The van der Waals surface area contributed by atoms with Crippen molar-refractivity contribution in [3.63, 3.8) is 0 Å². The molecule has 0 spiro atoms. The van der Waals surface area contributed by atoms with Gasteiger partial charge in [-0.25, -0.2) is 0 Å². The molecule has 1 aromatic heterocycles. The summed E-state index contributed by atoms with van der Waals surface area (Å²) in [4.78, 5) is 4.10. The highest BCUT2D eigenvalue weighted by Gasteiger charge is 2.31. The molecule has 0 aromatic carbocycles. The van der Waals surface area contributed by atoms with Crippen molar-refractivity contribution < 1.29 is 0 Å². The molecular weight excluding hydrogens is 320 g/mol. The molecule has 2 heterocycles. The summed E-state index contributed by atoms with van der Waals surface area (Å²) in [6.07, 6.45) is 6.86. The molecule has 1 aliphatic carbocycles. The fraction of sp³-hybridized carbons (Fsp3) is 0.733. The first kappa shape index (κ1) is 14.1. The van der Waals surface area contributed by atoms with E-state index in [0.717, 1.165) is 12.0 Å². The predicted molar refractivity (Wildman–Crippen MR) is 85.8 cm³/mol. The second kappa shape index (κ2) is 6.25. The van der Waals surface area contributed by atoms with E-state index in [4.69, 9.17) is 0 Å². The maximum Gasteiger partial charge on any atom is 0.0479 e. The third-order valence-electron chi connectivity index (χ3n) is 4.38. The van der Waals surface area contributed by atoms with Crippen molar-refractivity contribution in [3.8, 4) is 0 Å². The van der Waals surface area contributed by atoms with Gasteiger partial charge < -0.3 is 5.32 Å². The van der Waals surface area contributed by atoms with E-state index in [2.05, 4.69) is 44.6 Å². The topological polar surface area (TPSA) is 15.3 Å². The second-order valence-corrected chi connectivity index (χ2v) is 7.89. The van der Waals surface area contributed by atoms with Crippen LogP contribution >= 0.6 is 27.3 Å². The van der Waals surface area contributed by atoms with Crippen LogP contribution in [0, 0.1) is 5.92 Å². The summed E-state index contributed by atoms with van der Waals surface area (Å²) in [5.74, 6) is 0.763. The van der Waals surface area contributed by atoms with Crippen molar-refractivity contribution in [3.05, 3.63) is 20.8 Å². The fourth-order valence-corrected chi connectivity index (χ4v) is 4.88. The van der Waals surface area contributed by atoms with Crippen molar-refractivity contribution >= 4 is 27.3 Å². The summed E-state index contributed by atoms with van der Waals surface area (Å²) < 4.78 is 1.24. The lowest BCUT2D eigenvalue weighted by Crippen LogP contribution is -2.35. The van der Waals surface area contributed by atoms with Crippen molar-refractivity contribution in [2.45, 2.75) is 44.2 Å². The Balaban J connectivity index is 1.75. The number of nitrogens with one attached hydrogen (secondary N) is 1. The Labute approximate surface area is 128 Å². The number of nitrogens with zero attached hydrogens (tertiary/aromatic N) is 1. The minimum absolute atomic E-state index is 0.602. The Morgan fingerprint density at radius 1 is 1.37 bits per heavy atom. The predicted octanol–water partition coefficient (Wildman–Crippen LogP) is 4.04. The third kappa shape index (κ3) is 3.60. The van der Waals surface area contributed by atoms with Crippen LogP contribution in [-0.2, 0) is 0 Å². The van der Waals surface area contributed by atoms with Gasteiger partial charge in [-0.3, -0.25) is 4.90 Å². The first-order chi connectivity index (χ1) is 9.24. The van der Waals surface area contributed by atoms with Gasteiger partial charge in [0.15, 0.2) is 0 Å². The summed E-state index contributed by atoms with van der Waals surface area (Å²) in [7, 11) is 2.30. The van der Waals surface area contributed by atoms with Crippen molar-refractivity contribution in [2.75, 3.05) is 20.1 Å². The molecule has 4 heteroatoms. The van der Waals surface area contributed by atoms with E-state index in [1.165, 1.54) is 54.5 Å². The molecule has 2 unspecified atom stereocenters. The van der Waals surface area contributed by atoms with Gasteiger partial charge in [0, 0.05) is 33.4 Å². The van der Waals surface area contributed by atoms with Gasteiger partial charge in [0.2, 0.25) is 0 Å². The molecule has 106 valence electrons. The Hall–Kier alpha value is 0.1000. The summed E-state index contributed by atoms with van der Waals surface area (Å²) in [5.41, 5.74) is 0. The maximum absolute atomic E-state index is 3.75. The maximum atomic E-state index is 3.75. The molecule has 1 N–H and O–H groups in total. The molecule has 2 aliphatic rings. The van der Waals surface area contributed by atoms with Crippen molar-refractivity contribution in [1.82, 2.24) is 10.2 Å². The molecule has 3 rings (SSSR count). The Morgan fingerprint density at radius 3 is 2.89 bits per heavy atom. The minimum atomic E-state index is 0.602. The Kier molecular flexibility index (Phi) is 4.62. The van der Waals surface area contributed by atoms with Crippen LogP contribution in [-0.4, -0.2) is 31.1 Å². The van der Waals surface area contributed by atoms with E-state index < -0.39 is 0 Å². The van der Waals surface area contributed by atoms with Crippen LogP contribution in [0.1, 0.15) is 43.0 Å². The van der Waals surface area contributed by atoms with Gasteiger partial charge in [0.05, 0.1) is 0 Å². The van der Waals surface area contributed by atoms with E-state index >= 15 is 0 Å². The Morgan fingerprint density at radius 2 is 2.21 bits per heavy atom. The lowest BCUT2D eigenvalue weighted by molar-refractivity contribution is 0.192. The highest BCUT2D eigenvalue weighted by atomic mass is 79.9. The zero-order chi connectivity index (χ0) is 13.2. The van der Waals surface area contributed by atoms with E-state index in [9.17, 15) is 0 Å². The second-order valence-electron chi connectivity index (χ2n) is 6.03. The van der Waals surface area contributed by atoms with Crippen LogP contribution in [0.3, 0.4) is 0 Å². The minimum Gasteiger partial charge on any atom is -0.314 e. The first-order valence-corrected chi connectivity index (χ1v) is 9.09. The molecule has 1 aromatic rings. The molecule has 2 nitrogen and oxygen atoms in total. The van der Waals surface area contributed by atoms with E-state index in [-0.39, 0.29) is 0 Å². The van der Waals surface area contributed by atoms with Gasteiger partial charge in [-0.05, 0) is 67.2 Å². The molecule has 0 bridgehead atoms. The molecule has 19 heavy (non-hydrogen) atoms. The van der Waals surface area contributed by atoms with Crippen LogP contribution in [0.2, 0.25) is 0 Å². The zero-order valence-electron chi connectivity index (χ0n) is 11.6. The van der Waals surface area contributed by atoms with Gasteiger partial charge in [-0.15, -0.1) is 11.3 Å². The van der Waals surface area contributed by atoms with Crippen LogP contribution < -0.4 is 5.32 Å². The largest absolute Gasteiger partial charge is 0.314 e. The number of hydrogen-bond donors (Lipinski definition) is 1. The Bertz CT molecular complexity index is 416. The molecule has 1 saturated heterocycles. The van der Waals surface area contributed by atoms with Gasteiger partial charge in [-0.1, -0.05) is 6.42 Å². The summed E-state index contributed by atoms with van der Waals surface area (Å²) in [6, 6.07) is 3.75. The number of rotatable bonds is 4.